The first-order valence-electron chi connectivity index (χ1n) is 14.1. The van der Waals surface area contributed by atoms with Gasteiger partial charge in [-0.25, -0.2) is 12.8 Å². The Bertz CT molecular complexity index is 1440. The van der Waals surface area contributed by atoms with E-state index in [1.807, 2.05) is 20.8 Å². The van der Waals surface area contributed by atoms with Crippen molar-refractivity contribution in [1.82, 2.24) is 10.2 Å². The van der Waals surface area contributed by atoms with Crippen LogP contribution in [0.4, 0.5) is 10.1 Å². The lowest BCUT2D eigenvalue weighted by Crippen LogP contribution is -2.53. The first-order chi connectivity index (χ1) is 19.6. The molecule has 3 aromatic carbocycles. The highest BCUT2D eigenvalue weighted by atomic mass is 32.2. The standard InChI is InChI=1S/C32H38FN3O4S/c1-4-30(32(38)34-27-7-5-6-8-27)35(21-25-13-15-26(33)16-14-25)31(37)22-36(28-17-9-23(2)10-18-28)41(39,40)29-19-11-24(3)12-20-29/h9-20,27,30H,4-8,21-22H2,1-3H3,(H,34,38)/t30-/m0/s1. The van der Waals surface area contributed by atoms with E-state index in [1.54, 1.807) is 48.5 Å². The summed E-state index contributed by atoms with van der Waals surface area (Å²) in [4.78, 5) is 29.1. The second-order valence-electron chi connectivity index (χ2n) is 10.7. The molecule has 3 aromatic rings. The van der Waals surface area contributed by atoms with Crippen molar-refractivity contribution in [3.05, 3.63) is 95.3 Å². The molecule has 9 heteroatoms. The summed E-state index contributed by atoms with van der Waals surface area (Å²) in [6, 6.07) is 18.4. The molecule has 0 aliphatic heterocycles. The fraction of sp³-hybridized carbons (Fsp3) is 0.375. The minimum Gasteiger partial charge on any atom is -0.352 e. The van der Waals surface area contributed by atoms with Gasteiger partial charge in [0.25, 0.3) is 10.0 Å². The van der Waals surface area contributed by atoms with Crippen molar-refractivity contribution in [2.24, 2.45) is 0 Å². The normalized spacial score (nSPS) is 14.4. The highest BCUT2D eigenvalue weighted by Gasteiger charge is 2.34. The van der Waals surface area contributed by atoms with Crippen LogP contribution in [0.3, 0.4) is 0 Å². The van der Waals surface area contributed by atoms with Gasteiger partial charge in [-0.05, 0) is 75.1 Å². The van der Waals surface area contributed by atoms with E-state index in [1.165, 1.54) is 29.2 Å². The van der Waals surface area contributed by atoms with Gasteiger partial charge in [0.2, 0.25) is 11.8 Å². The lowest BCUT2D eigenvalue weighted by molar-refractivity contribution is -0.140. The lowest BCUT2D eigenvalue weighted by atomic mass is 10.1. The molecule has 1 atom stereocenters. The molecule has 4 rings (SSSR count). The quantitative estimate of drug-likeness (QED) is 0.325. The van der Waals surface area contributed by atoms with E-state index < -0.39 is 34.3 Å². The second kappa shape index (κ2) is 13.3. The Morgan fingerprint density at radius 1 is 0.902 bits per heavy atom. The first kappa shape index (κ1) is 30.2. The highest BCUT2D eigenvalue weighted by molar-refractivity contribution is 7.92. The van der Waals surface area contributed by atoms with Crippen molar-refractivity contribution in [2.45, 2.75) is 76.4 Å². The minimum absolute atomic E-state index is 0.0298. The van der Waals surface area contributed by atoms with Gasteiger partial charge in [0.15, 0.2) is 0 Å². The Hall–Kier alpha value is -3.72. The zero-order valence-corrected chi connectivity index (χ0v) is 24.7. The number of sulfonamides is 1. The number of nitrogens with one attached hydrogen (secondary N) is 1. The highest BCUT2D eigenvalue weighted by Crippen LogP contribution is 2.26. The third-order valence-corrected chi connectivity index (χ3v) is 9.35. The van der Waals surface area contributed by atoms with Crippen LogP contribution in [0.1, 0.15) is 55.7 Å². The molecule has 0 bridgehead atoms. The van der Waals surface area contributed by atoms with Crippen LogP contribution in [-0.2, 0) is 26.2 Å². The zero-order chi connectivity index (χ0) is 29.6. The molecule has 0 unspecified atom stereocenters. The molecule has 1 aliphatic rings. The van der Waals surface area contributed by atoms with E-state index in [2.05, 4.69) is 5.32 Å². The van der Waals surface area contributed by atoms with Crippen LogP contribution in [0, 0.1) is 19.7 Å². The Balaban J connectivity index is 1.70. The summed E-state index contributed by atoms with van der Waals surface area (Å²) in [5, 5.41) is 3.09. The average Bonchev–Trinajstić information content (AvgIpc) is 3.46. The van der Waals surface area contributed by atoms with Gasteiger partial charge in [0.1, 0.15) is 18.4 Å². The van der Waals surface area contributed by atoms with Crippen LogP contribution in [0.2, 0.25) is 0 Å². The number of carbonyl (C=O) groups is 2. The molecule has 1 aliphatic carbocycles. The van der Waals surface area contributed by atoms with Gasteiger partial charge in [-0.2, -0.15) is 0 Å². The molecule has 7 nitrogen and oxygen atoms in total. The number of anilines is 1. The maximum absolute atomic E-state index is 14.1. The summed E-state index contributed by atoms with van der Waals surface area (Å²) in [5.41, 5.74) is 2.83. The largest absolute Gasteiger partial charge is 0.352 e. The van der Waals surface area contributed by atoms with Gasteiger partial charge in [-0.1, -0.05) is 67.3 Å². The topological polar surface area (TPSA) is 86.8 Å². The fourth-order valence-corrected chi connectivity index (χ4v) is 6.56. The SMILES string of the molecule is CC[C@@H](C(=O)NC1CCCC1)N(Cc1ccc(F)cc1)C(=O)CN(c1ccc(C)cc1)S(=O)(=O)c1ccc(C)cc1. The smallest absolute Gasteiger partial charge is 0.264 e. The number of benzene rings is 3. The summed E-state index contributed by atoms with van der Waals surface area (Å²) in [6.45, 7) is 5.11. The predicted molar refractivity (Wildman–Crippen MR) is 158 cm³/mol. The van der Waals surface area contributed by atoms with E-state index >= 15 is 0 Å². The number of nitrogens with zero attached hydrogens (tertiary/aromatic N) is 2. The maximum atomic E-state index is 14.1. The molecule has 0 saturated heterocycles. The number of rotatable bonds is 11. The van der Waals surface area contributed by atoms with Crippen LogP contribution < -0.4 is 9.62 Å². The molecule has 218 valence electrons. The van der Waals surface area contributed by atoms with Crippen LogP contribution in [0.25, 0.3) is 0 Å². The molecule has 0 spiro atoms. The van der Waals surface area contributed by atoms with Crippen molar-refractivity contribution in [3.8, 4) is 0 Å². The van der Waals surface area contributed by atoms with Crippen LogP contribution in [0.15, 0.2) is 77.7 Å². The molecular formula is C32H38FN3O4S. The van der Waals surface area contributed by atoms with E-state index in [-0.39, 0.29) is 23.4 Å². The lowest BCUT2D eigenvalue weighted by Gasteiger charge is -2.33. The summed E-state index contributed by atoms with van der Waals surface area (Å²) in [6.07, 6.45) is 4.21. The summed E-state index contributed by atoms with van der Waals surface area (Å²) in [7, 11) is -4.13. The van der Waals surface area contributed by atoms with E-state index in [0.717, 1.165) is 41.1 Å². The molecule has 41 heavy (non-hydrogen) atoms. The monoisotopic (exact) mass is 579 g/mol. The summed E-state index contributed by atoms with van der Waals surface area (Å²) < 4.78 is 42.6. The third kappa shape index (κ3) is 7.52. The number of carbonyl (C=O) groups excluding carboxylic acids is 2. The molecule has 0 heterocycles. The van der Waals surface area contributed by atoms with E-state index in [0.29, 0.717) is 17.7 Å². The molecule has 0 aromatic heterocycles. The summed E-state index contributed by atoms with van der Waals surface area (Å²) >= 11 is 0. The molecule has 1 N–H and O–H groups in total. The van der Waals surface area contributed by atoms with Crippen molar-refractivity contribution >= 4 is 27.5 Å². The van der Waals surface area contributed by atoms with Crippen molar-refractivity contribution < 1.29 is 22.4 Å². The van der Waals surface area contributed by atoms with Gasteiger partial charge in [0, 0.05) is 12.6 Å². The number of hydrogen-bond acceptors (Lipinski definition) is 4. The number of amides is 2. The number of halogens is 1. The Kier molecular flexibility index (Phi) is 9.81. The van der Waals surface area contributed by atoms with Gasteiger partial charge < -0.3 is 10.2 Å². The van der Waals surface area contributed by atoms with Crippen molar-refractivity contribution in [3.63, 3.8) is 0 Å². The third-order valence-electron chi connectivity index (χ3n) is 7.56. The average molecular weight is 580 g/mol. The van der Waals surface area contributed by atoms with Gasteiger partial charge in [-0.15, -0.1) is 0 Å². The Morgan fingerprint density at radius 2 is 1.46 bits per heavy atom. The molecule has 2 amide bonds. The molecule has 1 fully saturated rings. The van der Waals surface area contributed by atoms with Gasteiger partial charge >= 0.3 is 0 Å². The number of hydrogen-bond donors (Lipinski definition) is 1. The molecular weight excluding hydrogens is 541 g/mol. The maximum Gasteiger partial charge on any atom is 0.264 e. The van der Waals surface area contributed by atoms with Crippen molar-refractivity contribution in [2.75, 3.05) is 10.8 Å². The second-order valence-corrected chi connectivity index (χ2v) is 12.6. The minimum atomic E-state index is -4.13. The Morgan fingerprint density at radius 3 is 2.02 bits per heavy atom. The van der Waals surface area contributed by atoms with Crippen LogP contribution in [-0.4, -0.2) is 43.8 Å². The van der Waals surface area contributed by atoms with Crippen molar-refractivity contribution in [1.29, 1.82) is 0 Å². The van der Waals surface area contributed by atoms with Crippen LogP contribution in [0.5, 0.6) is 0 Å². The predicted octanol–water partition coefficient (Wildman–Crippen LogP) is 5.50. The molecule has 0 radical (unpaired) electrons. The summed E-state index contributed by atoms with van der Waals surface area (Å²) in [5.74, 6) is -1.20. The van der Waals surface area contributed by atoms with Crippen LogP contribution >= 0.6 is 0 Å². The fourth-order valence-electron chi connectivity index (χ4n) is 5.15. The zero-order valence-electron chi connectivity index (χ0n) is 23.8. The first-order valence-corrected chi connectivity index (χ1v) is 15.5. The number of aryl methyl sites for hydroxylation is 2. The van der Waals surface area contributed by atoms with Gasteiger partial charge in [0.05, 0.1) is 10.6 Å². The van der Waals surface area contributed by atoms with E-state index in [4.69, 9.17) is 0 Å². The van der Waals surface area contributed by atoms with Gasteiger partial charge in [-0.3, -0.25) is 13.9 Å². The Labute approximate surface area is 242 Å². The molecule has 1 saturated carbocycles. The van der Waals surface area contributed by atoms with E-state index in [9.17, 15) is 22.4 Å².